The third-order valence-corrected chi connectivity index (χ3v) is 4.51. The fourth-order valence-corrected chi connectivity index (χ4v) is 3.18. The van der Waals surface area contributed by atoms with Gasteiger partial charge in [0.25, 0.3) is 0 Å². The number of aryl methyl sites for hydroxylation is 1. The van der Waals surface area contributed by atoms with Gasteiger partial charge in [0.15, 0.2) is 0 Å². The Bertz CT molecular complexity index is 741. The van der Waals surface area contributed by atoms with Gasteiger partial charge in [-0.15, -0.1) is 0 Å². The summed E-state index contributed by atoms with van der Waals surface area (Å²) < 4.78 is 5.27. The molecule has 0 unspecified atom stereocenters. The first-order valence-electron chi connectivity index (χ1n) is 8.56. The lowest BCUT2D eigenvalue weighted by molar-refractivity contribution is 0.0522. The van der Waals surface area contributed by atoms with Gasteiger partial charge in [-0.1, -0.05) is 18.2 Å². The van der Waals surface area contributed by atoms with Crippen LogP contribution in [0.2, 0.25) is 0 Å². The smallest absolute Gasteiger partial charge is 0.340 e. The van der Waals surface area contributed by atoms with E-state index >= 15 is 0 Å². The predicted octanol–water partition coefficient (Wildman–Crippen LogP) is 2.68. The van der Waals surface area contributed by atoms with Gasteiger partial charge in [0.05, 0.1) is 30.0 Å². The summed E-state index contributed by atoms with van der Waals surface area (Å²) in [7, 11) is 0. The summed E-state index contributed by atoms with van der Waals surface area (Å²) >= 11 is 0. The molecule has 3 rings (SSSR count). The summed E-state index contributed by atoms with van der Waals surface area (Å²) in [6.45, 7) is 5.37. The third-order valence-electron chi connectivity index (χ3n) is 4.51. The number of carbonyl (C=O) groups excluding carboxylic acids is 1. The summed E-state index contributed by atoms with van der Waals surface area (Å²) in [6, 6.07) is 8.34. The third kappa shape index (κ3) is 3.42. The van der Waals surface area contributed by atoms with Crippen molar-refractivity contribution in [1.82, 2.24) is 9.88 Å². The Balaban J connectivity index is 2.06. The number of fused-ring (bicyclic) bond motifs is 1. The lowest BCUT2D eigenvalue weighted by Gasteiger charge is -2.22. The second kappa shape index (κ2) is 7.28. The molecule has 5 heteroatoms. The Kier molecular flexibility index (Phi) is 5.11. The number of hydrogen-bond acceptors (Lipinski definition) is 5. The molecular weight excluding hydrogens is 304 g/mol. The van der Waals surface area contributed by atoms with Gasteiger partial charge in [-0.2, -0.15) is 0 Å². The van der Waals surface area contributed by atoms with Crippen molar-refractivity contribution in [2.45, 2.75) is 39.3 Å². The Morgan fingerprint density at radius 2 is 2.12 bits per heavy atom. The first kappa shape index (κ1) is 16.9. The Labute approximate surface area is 142 Å². The zero-order chi connectivity index (χ0) is 17.1. The summed E-state index contributed by atoms with van der Waals surface area (Å²) in [6.07, 6.45) is 2.28. The van der Waals surface area contributed by atoms with Crippen LogP contribution in [0.25, 0.3) is 10.9 Å². The van der Waals surface area contributed by atoms with Crippen molar-refractivity contribution in [3.63, 3.8) is 0 Å². The molecule has 128 valence electrons. The van der Waals surface area contributed by atoms with Crippen LogP contribution >= 0.6 is 0 Å². The van der Waals surface area contributed by atoms with Crippen molar-refractivity contribution in [3.8, 4) is 0 Å². The second-order valence-electron chi connectivity index (χ2n) is 6.22. The molecule has 0 bridgehead atoms. The van der Waals surface area contributed by atoms with Gasteiger partial charge >= 0.3 is 5.97 Å². The van der Waals surface area contributed by atoms with Crippen molar-refractivity contribution in [2.75, 3.05) is 19.8 Å². The molecule has 5 nitrogen and oxygen atoms in total. The van der Waals surface area contributed by atoms with E-state index in [4.69, 9.17) is 9.72 Å². The van der Waals surface area contributed by atoms with E-state index in [0.717, 1.165) is 35.0 Å². The average Bonchev–Trinajstić information content (AvgIpc) is 3.40. The van der Waals surface area contributed by atoms with Crippen LogP contribution in [-0.2, 0) is 11.3 Å². The highest BCUT2D eigenvalue weighted by atomic mass is 16.5. The standard InChI is InChI=1S/C19H24N2O3/c1-3-24-19(23)18-13(2)15-6-4-5-7-16(15)20-17(18)12-21(10-11-22)14-8-9-14/h4-7,14,22H,3,8-12H2,1-2H3. The van der Waals surface area contributed by atoms with E-state index in [0.29, 0.717) is 31.3 Å². The maximum Gasteiger partial charge on any atom is 0.340 e. The normalized spacial score (nSPS) is 14.3. The van der Waals surface area contributed by atoms with E-state index in [9.17, 15) is 9.90 Å². The number of carbonyl (C=O) groups is 1. The van der Waals surface area contributed by atoms with E-state index < -0.39 is 0 Å². The highest BCUT2D eigenvalue weighted by Gasteiger charge is 2.30. The maximum absolute atomic E-state index is 12.5. The molecule has 0 atom stereocenters. The first-order chi connectivity index (χ1) is 11.7. The molecule has 0 amide bonds. The molecule has 1 N–H and O–H groups in total. The molecule has 24 heavy (non-hydrogen) atoms. The van der Waals surface area contributed by atoms with Gasteiger partial charge in [-0.25, -0.2) is 4.79 Å². The van der Waals surface area contributed by atoms with Crippen LogP contribution in [0.1, 0.15) is 41.4 Å². The molecule has 1 aliphatic carbocycles. The summed E-state index contributed by atoms with van der Waals surface area (Å²) in [5.74, 6) is -0.317. The largest absolute Gasteiger partial charge is 0.462 e. The number of aliphatic hydroxyl groups excluding tert-OH is 1. The summed E-state index contributed by atoms with van der Waals surface area (Å²) in [5, 5.41) is 10.3. The monoisotopic (exact) mass is 328 g/mol. The number of benzene rings is 1. The fourth-order valence-electron chi connectivity index (χ4n) is 3.18. The summed E-state index contributed by atoms with van der Waals surface area (Å²) in [5.41, 5.74) is 3.11. The van der Waals surface area contributed by atoms with Crippen molar-refractivity contribution >= 4 is 16.9 Å². The van der Waals surface area contributed by atoms with Crippen LogP contribution in [0, 0.1) is 6.92 Å². The first-order valence-corrected chi connectivity index (χ1v) is 8.56. The van der Waals surface area contributed by atoms with Crippen molar-refractivity contribution < 1.29 is 14.6 Å². The molecule has 1 aliphatic rings. The van der Waals surface area contributed by atoms with Gasteiger partial charge in [0.1, 0.15) is 0 Å². The van der Waals surface area contributed by atoms with Gasteiger partial charge in [-0.3, -0.25) is 9.88 Å². The Hall–Kier alpha value is -1.98. The van der Waals surface area contributed by atoms with Gasteiger partial charge in [-0.05, 0) is 38.3 Å². The van der Waals surface area contributed by atoms with Crippen LogP contribution in [0.3, 0.4) is 0 Å². The number of esters is 1. The molecule has 0 spiro atoms. The van der Waals surface area contributed by atoms with Gasteiger partial charge in [0, 0.05) is 24.5 Å². The zero-order valence-corrected chi connectivity index (χ0v) is 14.3. The predicted molar refractivity (Wildman–Crippen MR) is 93.0 cm³/mol. The van der Waals surface area contributed by atoms with E-state index in [1.54, 1.807) is 0 Å². The minimum absolute atomic E-state index is 0.109. The van der Waals surface area contributed by atoms with Crippen LogP contribution in [0.5, 0.6) is 0 Å². The second-order valence-corrected chi connectivity index (χ2v) is 6.22. The average molecular weight is 328 g/mol. The SMILES string of the molecule is CCOC(=O)c1c(CN(CCO)C2CC2)nc2ccccc2c1C. The Morgan fingerprint density at radius 1 is 1.38 bits per heavy atom. The number of nitrogens with zero attached hydrogens (tertiary/aromatic N) is 2. The van der Waals surface area contributed by atoms with Gasteiger partial charge in [0.2, 0.25) is 0 Å². The maximum atomic E-state index is 12.5. The number of aliphatic hydroxyl groups is 1. The molecule has 0 radical (unpaired) electrons. The number of rotatable bonds is 7. The highest BCUT2D eigenvalue weighted by molar-refractivity contribution is 5.98. The van der Waals surface area contributed by atoms with Crippen LogP contribution in [0.15, 0.2) is 24.3 Å². The number of pyridine rings is 1. The van der Waals surface area contributed by atoms with E-state index in [2.05, 4.69) is 4.90 Å². The van der Waals surface area contributed by atoms with Crippen LogP contribution in [0.4, 0.5) is 0 Å². The number of ether oxygens (including phenoxy) is 1. The molecule has 1 aromatic carbocycles. The number of hydrogen-bond donors (Lipinski definition) is 1. The molecule has 0 aliphatic heterocycles. The van der Waals surface area contributed by atoms with Crippen molar-refractivity contribution in [1.29, 1.82) is 0 Å². The Morgan fingerprint density at radius 3 is 2.79 bits per heavy atom. The molecule has 2 aromatic rings. The molecule has 1 aromatic heterocycles. The number of para-hydroxylation sites is 1. The highest BCUT2D eigenvalue weighted by Crippen LogP contribution is 2.30. The zero-order valence-electron chi connectivity index (χ0n) is 14.3. The van der Waals surface area contributed by atoms with Crippen LogP contribution < -0.4 is 0 Å². The molecule has 1 heterocycles. The molecule has 1 fully saturated rings. The fraction of sp³-hybridized carbons (Fsp3) is 0.474. The minimum atomic E-state index is -0.317. The van der Waals surface area contributed by atoms with E-state index in [1.807, 2.05) is 38.1 Å². The van der Waals surface area contributed by atoms with Crippen LogP contribution in [-0.4, -0.2) is 46.8 Å². The molecule has 1 saturated carbocycles. The van der Waals surface area contributed by atoms with E-state index in [1.165, 1.54) is 0 Å². The minimum Gasteiger partial charge on any atom is -0.462 e. The van der Waals surface area contributed by atoms with Gasteiger partial charge < -0.3 is 9.84 Å². The van der Waals surface area contributed by atoms with Crippen molar-refractivity contribution in [3.05, 3.63) is 41.1 Å². The van der Waals surface area contributed by atoms with Crippen molar-refractivity contribution in [2.24, 2.45) is 0 Å². The number of aromatic nitrogens is 1. The lowest BCUT2D eigenvalue weighted by atomic mass is 10.0. The lowest BCUT2D eigenvalue weighted by Crippen LogP contribution is -2.30. The molecule has 0 saturated heterocycles. The quantitative estimate of drug-likeness (QED) is 0.792. The van der Waals surface area contributed by atoms with E-state index in [-0.39, 0.29) is 12.6 Å². The summed E-state index contributed by atoms with van der Waals surface area (Å²) in [4.78, 5) is 19.5. The molecular formula is C19H24N2O3. The topological polar surface area (TPSA) is 62.7 Å².